The van der Waals surface area contributed by atoms with Crippen molar-refractivity contribution in [3.63, 3.8) is 0 Å². The van der Waals surface area contributed by atoms with E-state index in [1.54, 1.807) is 18.7 Å². The van der Waals surface area contributed by atoms with Gasteiger partial charge >= 0.3 is 207 Å². The van der Waals surface area contributed by atoms with E-state index in [1.165, 1.54) is 14.0 Å². The number of carbonyl (C=O) groups is 3. The van der Waals surface area contributed by atoms with E-state index in [0.29, 0.717) is 32.4 Å². The summed E-state index contributed by atoms with van der Waals surface area (Å²) in [6, 6.07) is 19.3. The molecule has 3 aliphatic rings. The van der Waals surface area contributed by atoms with Gasteiger partial charge in [0.25, 0.3) is 0 Å². The molecule has 0 spiro atoms. The number of rotatable bonds is 21. The number of aliphatic hydroxyl groups excluding tert-OH is 1. The van der Waals surface area contributed by atoms with Crippen LogP contribution in [0.15, 0.2) is 60.7 Å². The van der Waals surface area contributed by atoms with E-state index < -0.39 is 84.1 Å². The minimum absolute atomic E-state index is 0.0258. The van der Waals surface area contributed by atoms with E-state index in [0.717, 1.165) is 24.6 Å². The van der Waals surface area contributed by atoms with Crippen molar-refractivity contribution in [3.8, 4) is 0 Å². The molecule has 3 fully saturated rings. The van der Waals surface area contributed by atoms with Crippen LogP contribution >= 0.6 is 8.46 Å². The van der Waals surface area contributed by atoms with Gasteiger partial charge in [0, 0.05) is 13.1 Å². The average molecular weight is 884 g/mol. The van der Waals surface area contributed by atoms with Crippen molar-refractivity contribution in [1.29, 1.82) is 0 Å². The fourth-order valence-corrected chi connectivity index (χ4v) is 9.72. The van der Waals surface area contributed by atoms with Crippen molar-refractivity contribution in [2.75, 3.05) is 26.9 Å². The number of methoxy groups -OCH3 is 1. The van der Waals surface area contributed by atoms with Gasteiger partial charge in [-0.2, -0.15) is 0 Å². The first-order valence-electron chi connectivity index (χ1n) is 21.8. The van der Waals surface area contributed by atoms with Crippen LogP contribution in [-0.4, -0.2) is 129 Å². The Kier molecular flexibility index (Phi) is 18.9. The van der Waals surface area contributed by atoms with Gasteiger partial charge in [-0.3, -0.25) is 0 Å². The van der Waals surface area contributed by atoms with Gasteiger partial charge < -0.3 is 14.4 Å². The first kappa shape index (κ1) is 49.7. The molecule has 12 atom stereocenters. The maximum absolute atomic E-state index is 13.7. The number of esters is 2. The van der Waals surface area contributed by atoms with Gasteiger partial charge in [0.15, 0.2) is 0 Å². The van der Waals surface area contributed by atoms with Gasteiger partial charge in [-0.05, 0) is 44.2 Å². The molecule has 3 saturated heterocycles. The summed E-state index contributed by atoms with van der Waals surface area (Å²) in [5.74, 6) is -4.64. The number of carbonyl (C=O) groups excluding carboxylic acids is 3. The third kappa shape index (κ3) is 13.4. The summed E-state index contributed by atoms with van der Waals surface area (Å²) in [5, 5.41) is 11.7. The Balaban J connectivity index is 1.29. The van der Waals surface area contributed by atoms with E-state index >= 15 is 0 Å². The van der Waals surface area contributed by atoms with Crippen molar-refractivity contribution in [1.82, 2.24) is 4.90 Å². The van der Waals surface area contributed by atoms with E-state index in [1.807, 2.05) is 81.4 Å². The van der Waals surface area contributed by atoms with Gasteiger partial charge in [-0.15, -0.1) is 0 Å². The molecule has 0 saturated carbocycles. The molecule has 3 heterocycles. The SMILES string of the molecule is CC[C@H](C)C1O[C@H](O[C@H]2C([C@H]3COC(C)(C)O3)O[C@@](OCCCCCN(Cc3ccccc3)C(=O)OCc3ccccc3)(C(=O)OC)C[C@H]2C)C(OC(C)=O)[C@@H](O)[C@@H]1PBB=O. The Morgan fingerprint density at radius 3 is 2.32 bits per heavy atom. The fourth-order valence-electron chi connectivity index (χ4n) is 8.28. The Morgan fingerprint density at radius 2 is 1.71 bits per heavy atom. The van der Waals surface area contributed by atoms with Crippen molar-refractivity contribution >= 4 is 40.4 Å². The molecule has 5 rings (SSSR count). The molecule has 0 aromatic heterocycles. The van der Waals surface area contributed by atoms with E-state index in [2.05, 4.69) is 0 Å². The van der Waals surface area contributed by atoms with E-state index in [-0.39, 0.29) is 47.5 Å². The van der Waals surface area contributed by atoms with Crippen molar-refractivity contribution in [2.24, 2.45) is 11.8 Å². The molecule has 18 heteroatoms. The van der Waals surface area contributed by atoms with Crippen LogP contribution in [0.5, 0.6) is 0 Å². The molecular formula is C44H64B2NO14P. The summed E-state index contributed by atoms with van der Waals surface area (Å²) >= 11 is 0. The molecule has 3 aliphatic heterocycles. The molecule has 15 nitrogen and oxygen atoms in total. The van der Waals surface area contributed by atoms with Crippen LogP contribution in [0.3, 0.4) is 0 Å². The maximum atomic E-state index is 13.7. The summed E-state index contributed by atoms with van der Waals surface area (Å²) in [4.78, 5) is 41.1. The molecule has 0 aliphatic carbocycles. The molecule has 0 bridgehead atoms. The number of benzene rings is 2. The predicted octanol–water partition coefficient (Wildman–Crippen LogP) is 5.27. The summed E-state index contributed by atoms with van der Waals surface area (Å²) in [6.45, 7) is 12.2. The molecule has 4 unspecified atom stereocenters. The van der Waals surface area contributed by atoms with Crippen LogP contribution < -0.4 is 0 Å². The third-order valence-corrected chi connectivity index (χ3v) is 13.2. The summed E-state index contributed by atoms with van der Waals surface area (Å²) in [6.07, 6.45) is -4.44. The van der Waals surface area contributed by atoms with Crippen molar-refractivity contribution in [2.45, 2.75) is 147 Å². The molecule has 340 valence electrons. The fraction of sp³-hybridized carbons (Fsp3) is 0.659. The van der Waals surface area contributed by atoms with Gasteiger partial charge in [0.05, 0.1) is 13.7 Å². The standard InChI is InChI=1S/C44H64B2NO14P/c1-8-28(2)36-39(62-46-45-52)34(49)38(57-30(4)48)40(59-36)58-35-29(3)24-44(41(50)53-7,61-37(35)33-27-56-43(5,6)60-33)55-23-17-11-16-22-47(25-31-18-12-9-13-19-31)42(51)54-26-32-20-14-10-15-21-32/h9-10,12-15,18-21,28-29,33-40,46,49,62H,8,11,16-17,22-27H2,1-7H3/t28-,29+,33+,34+,35+,36?,37?,38?,39-,40-,44+/m0/s1. The Hall–Kier alpha value is -3.27. The number of aliphatic hydroxyl groups is 1. The average Bonchev–Trinajstić information content (AvgIpc) is 3.63. The number of hydrogen-bond acceptors (Lipinski definition) is 14. The van der Waals surface area contributed by atoms with Gasteiger partial charge in [0.1, 0.15) is 6.61 Å². The zero-order valence-electron chi connectivity index (χ0n) is 37.1. The Labute approximate surface area is 368 Å². The summed E-state index contributed by atoms with van der Waals surface area (Å²) < 4.78 is 66.8. The second-order valence-electron chi connectivity index (χ2n) is 16.9. The molecule has 1 amide bonds. The summed E-state index contributed by atoms with van der Waals surface area (Å²) in [5.41, 5.74) is 1.41. The Bertz CT molecular complexity index is 1730. The van der Waals surface area contributed by atoms with Gasteiger partial charge in [-0.25, -0.2) is 9.59 Å². The van der Waals surface area contributed by atoms with E-state index in [9.17, 15) is 24.2 Å². The normalized spacial score (nSPS) is 30.0. The number of ether oxygens (including phenoxy) is 9. The second-order valence-corrected chi connectivity index (χ2v) is 18.3. The van der Waals surface area contributed by atoms with Crippen LogP contribution in [-0.2, 0) is 70.1 Å². The Morgan fingerprint density at radius 1 is 1.02 bits per heavy atom. The van der Waals surface area contributed by atoms with Crippen molar-refractivity contribution in [3.05, 3.63) is 71.8 Å². The first-order valence-corrected chi connectivity index (χ1v) is 23.0. The zero-order chi connectivity index (χ0) is 44.9. The van der Waals surface area contributed by atoms with Gasteiger partial charge in [-0.1, -0.05) is 60.7 Å². The van der Waals surface area contributed by atoms with Crippen molar-refractivity contribution < 1.29 is 66.8 Å². The number of hydrogen-bond donors (Lipinski definition) is 1. The molecule has 1 N–H and O–H groups in total. The zero-order valence-corrected chi connectivity index (χ0v) is 38.1. The molecule has 2 aromatic rings. The molecule has 62 heavy (non-hydrogen) atoms. The first-order chi connectivity index (χ1) is 29.7. The van der Waals surface area contributed by atoms with Crippen LogP contribution in [0.25, 0.3) is 0 Å². The predicted molar refractivity (Wildman–Crippen MR) is 232 cm³/mol. The molecular weight excluding hydrogens is 819 g/mol. The number of unbranched alkanes of at least 4 members (excludes halogenated alkanes) is 2. The number of amides is 1. The third-order valence-electron chi connectivity index (χ3n) is 11.6. The molecule has 2 aromatic carbocycles. The number of nitrogens with zero attached hydrogens (tertiary/aromatic N) is 1. The van der Waals surface area contributed by atoms with Crippen LogP contribution in [0.4, 0.5) is 4.79 Å². The van der Waals surface area contributed by atoms with Crippen LogP contribution in [0.1, 0.15) is 84.8 Å². The minimum atomic E-state index is -1.84. The quantitative estimate of drug-likeness (QED) is 0.0565. The second kappa shape index (κ2) is 23.6. The molecule has 0 radical (unpaired) electrons. The van der Waals surface area contributed by atoms with E-state index in [4.69, 9.17) is 42.6 Å². The van der Waals surface area contributed by atoms with Crippen LogP contribution in [0.2, 0.25) is 0 Å². The topological polar surface area (TPSA) is 175 Å². The monoisotopic (exact) mass is 883 g/mol. The van der Waals surface area contributed by atoms with Gasteiger partial charge in [0.2, 0.25) is 0 Å². The summed E-state index contributed by atoms with van der Waals surface area (Å²) in [7, 11) is 2.12. The van der Waals surface area contributed by atoms with Crippen LogP contribution in [0, 0.1) is 11.8 Å².